The van der Waals surface area contributed by atoms with Crippen LogP contribution in [0.3, 0.4) is 0 Å². The molecule has 5 nitrogen and oxygen atoms in total. The van der Waals surface area contributed by atoms with Crippen LogP contribution in [0.4, 0.5) is 27.6 Å². The van der Waals surface area contributed by atoms with E-state index < -0.39 is 52.5 Å². The van der Waals surface area contributed by atoms with Crippen molar-refractivity contribution in [3.05, 3.63) is 29.1 Å². The molecule has 0 bridgehead atoms. The van der Waals surface area contributed by atoms with Gasteiger partial charge in [-0.3, -0.25) is 0 Å². The maximum atomic E-state index is 13.4. The standard InChI is InChI=1S/C6H4F5NO4P2S2/c7-1-2(8)4(10)6(5(11)3(1)9)12(17(13,14)19)18(15,16)20/h(H2,13,14,19)(H2,15,16,20). The van der Waals surface area contributed by atoms with Crippen LogP contribution < -0.4 is 4.44 Å². The van der Waals surface area contributed by atoms with Crippen molar-refractivity contribution in [3.63, 3.8) is 0 Å². The molecule has 0 fully saturated rings. The second-order valence-corrected chi connectivity index (χ2v) is 9.34. The molecule has 0 radical (unpaired) electrons. The first-order valence-corrected chi connectivity index (χ1v) is 9.55. The molecule has 0 aliphatic carbocycles. The Morgan fingerprint density at radius 3 is 1.15 bits per heavy atom. The number of halogens is 5. The summed E-state index contributed by atoms with van der Waals surface area (Å²) in [4.78, 5) is 36.6. The van der Waals surface area contributed by atoms with E-state index in [9.17, 15) is 22.0 Å². The second kappa shape index (κ2) is 5.54. The third kappa shape index (κ3) is 3.18. The average molecular weight is 375 g/mol. The Labute approximate surface area is 118 Å². The quantitative estimate of drug-likeness (QED) is 0.277. The summed E-state index contributed by atoms with van der Waals surface area (Å²) in [7, 11) is 0. The van der Waals surface area contributed by atoms with Crippen molar-refractivity contribution in [2.24, 2.45) is 0 Å². The summed E-state index contributed by atoms with van der Waals surface area (Å²) < 4.78 is 65.0. The van der Waals surface area contributed by atoms with Crippen molar-refractivity contribution in [2.45, 2.75) is 0 Å². The molecule has 0 atom stereocenters. The molecule has 114 valence electrons. The normalized spacial score (nSPS) is 12.7. The van der Waals surface area contributed by atoms with Crippen molar-refractivity contribution in [1.29, 1.82) is 0 Å². The maximum Gasteiger partial charge on any atom is 0.292 e. The lowest BCUT2D eigenvalue weighted by Crippen LogP contribution is -2.20. The van der Waals surface area contributed by atoms with E-state index in [0.29, 0.717) is 0 Å². The van der Waals surface area contributed by atoms with Crippen molar-refractivity contribution in [1.82, 2.24) is 0 Å². The average Bonchev–Trinajstić information content (AvgIpc) is 2.26. The minimum Gasteiger partial charge on any atom is -0.329 e. The SMILES string of the molecule is OP(O)(=S)N(c1c(F)c(F)c(F)c(F)c1F)P(O)(O)=S. The minimum atomic E-state index is -5.05. The summed E-state index contributed by atoms with van der Waals surface area (Å²) >= 11 is 7.98. The molecule has 1 rings (SSSR count). The third-order valence-electron chi connectivity index (χ3n) is 1.88. The summed E-state index contributed by atoms with van der Waals surface area (Å²) in [5.74, 6) is -12.4. The lowest BCUT2D eigenvalue weighted by molar-refractivity contribution is 0.378. The highest BCUT2D eigenvalue weighted by Gasteiger charge is 2.40. The molecule has 0 heterocycles. The molecule has 0 saturated heterocycles. The molecule has 0 saturated carbocycles. The van der Waals surface area contributed by atoms with Crippen LogP contribution in [0.25, 0.3) is 0 Å². The summed E-state index contributed by atoms with van der Waals surface area (Å²) in [5.41, 5.74) is -2.01. The Hall–Kier alpha value is -0.190. The van der Waals surface area contributed by atoms with Crippen molar-refractivity contribution in [3.8, 4) is 0 Å². The highest BCUT2D eigenvalue weighted by Crippen LogP contribution is 2.61. The van der Waals surface area contributed by atoms with Gasteiger partial charge >= 0.3 is 0 Å². The van der Waals surface area contributed by atoms with Gasteiger partial charge in [-0.2, -0.15) is 0 Å². The van der Waals surface area contributed by atoms with E-state index >= 15 is 0 Å². The van der Waals surface area contributed by atoms with E-state index in [1.807, 2.05) is 0 Å². The smallest absolute Gasteiger partial charge is 0.292 e. The van der Waals surface area contributed by atoms with Crippen molar-refractivity contribution in [2.75, 3.05) is 4.44 Å². The van der Waals surface area contributed by atoms with Gasteiger partial charge in [0.2, 0.25) is 5.82 Å². The molecule has 0 aliphatic heterocycles. The number of hydrogen-bond acceptors (Lipinski definition) is 2. The largest absolute Gasteiger partial charge is 0.329 e. The summed E-state index contributed by atoms with van der Waals surface area (Å²) in [6.07, 6.45) is 0. The lowest BCUT2D eigenvalue weighted by atomic mass is 10.2. The van der Waals surface area contributed by atoms with E-state index in [0.717, 1.165) is 0 Å². The molecular weight excluding hydrogens is 371 g/mol. The van der Waals surface area contributed by atoms with Crippen LogP contribution in [0.15, 0.2) is 0 Å². The molecule has 0 amide bonds. The molecular formula is C6H4F5NO4P2S2. The first-order valence-electron chi connectivity index (χ1n) is 4.23. The van der Waals surface area contributed by atoms with Crippen LogP contribution in [-0.4, -0.2) is 19.6 Å². The first kappa shape index (κ1) is 17.9. The summed E-state index contributed by atoms with van der Waals surface area (Å²) in [6.45, 7) is -10.1. The minimum absolute atomic E-state index is 0.735. The van der Waals surface area contributed by atoms with E-state index in [4.69, 9.17) is 19.6 Å². The zero-order valence-corrected chi connectivity index (χ0v) is 12.3. The Morgan fingerprint density at radius 2 is 0.900 bits per heavy atom. The topological polar surface area (TPSA) is 84.2 Å². The fourth-order valence-corrected chi connectivity index (χ4v) is 6.01. The molecule has 20 heavy (non-hydrogen) atoms. The van der Waals surface area contributed by atoms with Crippen LogP contribution in [0.5, 0.6) is 0 Å². The fraction of sp³-hybridized carbons (Fsp3) is 0. The maximum absolute atomic E-state index is 13.4. The molecule has 1 aromatic rings. The van der Waals surface area contributed by atoms with Crippen LogP contribution >= 0.6 is 13.3 Å². The van der Waals surface area contributed by atoms with Gasteiger partial charge in [-0.05, 0) is 23.6 Å². The predicted molar refractivity (Wildman–Crippen MR) is 66.2 cm³/mol. The fourth-order valence-electron chi connectivity index (χ4n) is 1.18. The van der Waals surface area contributed by atoms with Crippen LogP contribution in [0.1, 0.15) is 0 Å². The van der Waals surface area contributed by atoms with Crippen LogP contribution in [0.2, 0.25) is 0 Å². The predicted octanol–water partition coefficient (Wildman–Crippen LogP) is 1.61. The highest BCUT2D eigenvalue weighted by molar-refractivity contribution is 8.19. The van der Waals surface area contributed by atoms with Gasteiger partial charge in [0.05, 0.1) is 0 Å². The molecule has 0 spiro atoms. The van der Waals surface area contributed by atoms with Gasteiger partial charge in [0.25, 0.3) is 13.3 Å². The first-order chi connectivity index (χ1) is 8.80. The lowest BCUT2D eigenvalue weighted by Gasteiger charge is -2.31. The molecule has 0 aromatic heterocycles. The molecule has 0 unspecified atom stereocenters. The number of anilines is 1. The number of nitrogens with zero attached hydrogens (tertiary/aromatic N) is 1. The molecule has 1 aromatic carbocycles. The van der Waals surface area contributed by atoms with Gasteiger partial charge in [-0.15, -0.1) is 0 Å². The number of hydrogen-bond donors (Lipinski definition) is 4. The van der Waals surface area contributed by atoms with E-state index in [2.05, 4.69) is 23.6 Å². The monoisotopic (exact) mass is 375 g/mol. The van der Waals surface area contributed by atoms with Gasteiger partial charge in [-0.25, -0.2) is 26.4 Å². The molecule has 0 aliphatic rings. The van der Waals surface area contributed by atoms with Crippen LogP contribution in [0, 0.1) is 29.1 Å². The van der Waals surface area contributed by atoms with Gasteiger partial charge in [0.15, 0.2) is 23.3 Å². The van der Waals surface area contributed by atoms with Gasteiger partial charge < -0.3 is 19.6 Å². The zero-order chi connectivity index (χ0) is 16.0. The van der Waals surface area contributed by atoms with Gasteiger partial charge in [-0.1, -0.05) is 0 Å². The second-order valence-electron chi connectivity index (χ2n) is 3.23. The Balaban J connectivity index is 3.85. The Bertz CT molecular complexity index is 610. The van der Waals surface area contributed by atoms with Gasteiger partial charge in [0.1, 0.15) is 5.69 Å². The highest BCUT2D eigenvalue weighted by atomic mass is 32.5. The van der Waals surface area contributed by atoms with Crippen molar-refractivity contribution >= 4 is 42.6 Å². The Morgan fingerprint density at radius 1 is 0.650 bits per heavy atom. The van der Waals surface area contributed by atoms with E-state index in [1.54, 1.807) is 0 Å². The Kier molecular flexibility index (Phi) is 4.95. The van der Waals surface area contributed by atoms with E-state index in [1.165, 1.54) is 0 Å². The number of benzene rings is 1. The van der Waals surface area contributed by atoms with Crippen molar-refractivity contribution < 1.29 is 41.5 Å². The summed E-state index contributed by atoms with van der Waals surface area (Å²) in [6, 6.07) is 0. The zero-order valence-electron chi connectivity index (χ0n) is 8.84. The summed E-state index contributed by atoms with van der Waals surface area (Å²) in [5, 5.41) is 0. The van der Waals surface area contributed by atoms with Gasteiger partial charge in [0, 0.05) is 0 Å². The van der Waals surface area contributed by atoms with E-state index in [-0.39, 0.29) is 0 Å². The number of rotatable bonds is 3. The van der Waals surface area contributed by atoms with Crippen LogP contribution in [-0.2, 0) is 23.6 Å². The molecule has 4 N–H and O–H groups in total. The molecule has 14 heteroatoms. The third-order valence-corrected chi connectivity index (χ3v) is 6.47.